The van der Waals surface area contributed by atoms with Crippen LogP contribution in [-0.4, -0.2) is 24.0 Å². The van der Waals surface area contributed by atoms with Gasteiger partial charge in [0.1, 0.15) is 5.75 Å². The number of Topliss-reactive ketones (excluding diaryl/α,β-unsaturated/α-hetero) is 1. The number of hydrogen-bond donors (Lipinski definition) is 1. The summed E-state index contributed by atoms with van der Waals surface area (Å²) in [5.74, 6) is -1.33. The fourth-order valence-electron chi connectivity index (χ4n) is 1.65. The third kappa shape index (κ3) is 3.58. The topological polar surface area (TPSA) is 63.6 Å². The summed E-state index contributed by atoms with van der Waals surface area (Å²) < 4.78 is 5.05. The third-order valence-corrected chi connectivity index (χ3v) is 3.01. The zero-order valence-corrected chi connectivity index (χ0v) is 10.9. The Labute approximate surface area is 107 Å². The van der Waals surface area contributed by atoms with Crippen LogP contribution in [0.5, 0.6) is 5.75 Å². The number of carbonyl (C=O) groups excluding carboxylic acids is 1. The van der Waals surface area contributed by atoms with Gasteiger partial charge in [0.25, 0.3) is 0 Å². The average molecular weight is 250 g/mol. The number of benzene rings is 1. The molecule has 18 heavy (non-hydrogen) atoms. The highest BCUT2D eigenvalue weighted by Crippen LogP contribution is 2.25. The van der Waals surface area contributed by atoms with E-state index in [1.54, 1.807) is 21.0 Å². The number of methoxy groups -OCH3 is 1. The smallest absolute Gasteiger partial charge is 0.372 e. The van der Waals surface area contributed by atoms with Gasteiger partial charge in [0, 0.05) is 5.41 Å². The molecule has 0 unspecified atom stereocenters. The Hall–Kier alpha value is -1.84. The molecule has 0 atom stereocenters. The van der Waals surface area contributed by atoms with Crippen LogP contribution in [0.1, 0.15) is 25.8 Å². The van der Waals surface area contributed by atoms with Gasteiger partial charge in [0.2, 0.25) is 5.78 Å². The summed E-state index contributed by atoms with van der Waals surface area (Å²) in [6, 6.07) is 7.53. The van der Waals surface area contributed by atoms with Gasteiger partial charge in [-0.1, -0.05) is 26.0 Å². The highest BCUT2D eigenvalue weighted by atomic mass is 16.5. The van der Waals surface area contributed by atoms with Gasteiger partial charge in [0.15, 0.2) is 0 Å². The number of aryl methyl sites for hydroxylation is 1. The number of carboxylic acids is 1. The van der Waals surface area contributed by atoms with Gasteiger partial charge in [-0.2, -0.15) is 0 Å². The first kappa shape index (κ1) is 14.2. The molecule has 0 aliphatic rings. The van der Waals surface area contributed by atoms with E-state index in [0.29, 0.717) is 12.8 Å². The molecule has 0 amide bonds. The molecule has 0 saturated carbocycles. The molecule has 1 aromatic carbocycles. The summed E-state index contributed by atoms with van der Waals surface area (Å²) >= 11 is 0. The van der Waals surface area contributed by atoms with Gasteiger partial charge in [-0.25, -0.2) is 4.79 Å². The Bertz CT molecular complexity index is 432. The molecular formula is C14H18O4. The van der Waals surface area contributed by atoms with Gasteiger partial charge in [-0.3, -0.25) is 4.79 Å². The quantitative estimate of drug-likeness (QED) is 0.787. The number of carbonyl (C=O) groups is 2. The second-order valence-corrected chi connectivity index (χ2v) is 4.87. The van der Waals surface area contributed by atoms with Crippen molar-refractivity contribution in [1.82, 2.24) is 0 Å². The fraction of sp³-hybridized carbons (Fsp3) is 0.429. The highest BCUT2D eigenvalue weighted by molar-refractivity contribution is 6.34. The lowest BCUT2D eigenvalue weighted by molar-refractivity contribution is -0.153. The summed E-state index contributed by atoms with van der Waals surface area (Å²) in [7, 11) is 1.60. The lowest BCUT2D eigenvalue weighted by atomic mass is 9.82. The molecule has 0 aliphatic heterocycles. The number of carboxylic acid groups (broad SMARTS) is 1. The Morgan fingerprint density at radius 3 is 2.22 bits per heavy atom. The molecule has 0 radical (unpaired) electrons. The van der Waals surface area contributed by atoms with E-state index in [9.17, 15) is 9.59 Å². The van der Waals surface area contributed by atoms with E-state index >= 15 is 0 Å². The van der Waals surface area contributed by atoms with Crippen molar-refractivity contribution in [2.24, 2.45) is 5.41 Å². The number of hydrogen-bond acceptors (Lipinski definition) is 3. The van der Waals surface area contributed by atoms with E-state index in [1.807, 2.05) is 24.3 Å². The monoisotopic (exact) mass is 250 g/mol. The minimum Gasteiger partial charge on any atom is -0.497 e. The van der Waals surface area contributed by atoms with Crippen molar-refractivity contribution >= 4 is 11.8 Å². The molecule has 1 aromatic rings. The number of ether oxygens (including phenoxy) is 1. The van der Waals surface area contributed by atoms with Crippen molar-refractivity contribution in [3.8, 4) is 5.75 Å². The van der Waals surface area contributed by atoms with E-state index in [1.165, 1.54) is 0 Å². The minimum atomic E-state index is -1.37. The first-order valence-corrected chi connectivity index (χ1v) is 5.77. The highest BCUT2D eigenvalue weighted by Gasteiger charge is 2.32. The minimum absolute atomic E-state index is 0.504. The maximum absolute atomic E-state index is 11.5. The molecule has 0 heterocycles. The van der Waals surface area contributed by atoms with Gasteiger partial charge >= 0.3 is 5.97 Å². The molecular weight excluding hydrogens is 232 g/mol. The predicted molar refractivity (Wildman–Crippen MR) is 67.7 cm³/mol. The maximum Gasteiger partial charge on any atom is 0.372 e. The van der Waals surface area contributed by atoms with Gasteiger partial charge in [-0.15, -0.1) is 0 Å². The van der Waals surface area contributed by atoms with Gasteiger partial charge in [0.05, 0.1) is 7.11 Å². The first-order chi connectivity index (χ1) is 8.36. The molecule has 98 valence electrons. The molecule has 0 fully saturated rings. The summed E-state index contributed by atoms with van der Waals surface area (Å²) in [6.45, 7) is 3.32. The largest absolute Gasteiger partial charge is 0.497 e. The zero-order valence-electron chi connectivity index (χ0n) is 10.9. The summed E-state index contributed by atoms with van der Waals surface area (Å²) in [5.41, 5.74) is 0.216. The second kappa shape index (κ2) is 5.67. The van der Waals surface area contributed by atoms with Crippen LogP contribution in [0.4, 0.5) is 0 Å². The lowest BCUT2D eigenvalue weighted by Gasteiger charge is -2.20. The first-order valence-electron chi connectivity index (χ1n) is 5.77. The summed E-state index contributed by atoms with van der Waals surface area (Å²) in [5, 5.41) is 8.72. The normalized spacial score (nSPS) is 11.1. The van der Waals surface area contributed by atoms with Crippen molar-refractivity contribution in [2.75, 3.05) is 7.11 Å². The van der Waals surface area contributed by atoms with Crippen LogP contribution < -0.4 is 4.74 Å². The molecule has 4 heteroatoms. The maximum atomic E-state index is 11.5. The standard InChI is InChI=1S/C14H18O4/c1-14(2,12(15)13(16)17)9-8-10-4-6-11(18-3)7-5-10/h4-7H,8-9H2,1-3H3,(H,16,17). The van der Waals surface area contributed by atoms with E-state index in [0.717, 1.165) is 11.3 Å². The van der Waals surface area contributed by atoms with Crippen molar-refractivity contribution in [3.63, 3.8) is 0 Å². The molecule has 0 aliphatic carbocycles. The number of aliphatic carboxylic acids is 1. The van der Waals surface area contributed by atoms with Gasteiger partial charge in [-0.05, 0) is 30.5 Å². The van der Waals surface area contributed by atoms with E-state index < -0.39 is 17.2 Å². The van der Waals surface area contributed by atoms with Crippen LogP contribution >= 0.6 is 0 Å². The molecule has 1 rings (SSSR count). The molecule has 1 N–H and O–H groups in total. The van der Waals surface area contributed by atoms with Crippen molar-refractivity contribution < 1.29 is 19.4 Å². The van der Waals surface area contributed by atoms with Crippen molar-refractivity contribution in [2.45, 2.75) is 26.7 Å². The van der Waals surface area contributed by atoms with E-state index in [2.05, 4.69) is 0 Å². The van der Waals surface area contributed by atoms with E-state index in [4.69, 9.17) is 9.84 Å². The van der Waals surface area contributed by atoms with Crippen LogP contribution in [0.3, 0.4) is 0 Å². The van der Waals surface area contributed by atoms with Crippen molar-refractivity contribution in [1.29, 1.82) is 0 Å². The molecule has 0 aromatic heterocycles. The zero-order chi connectivity index (χ0) is 13.8. The molecule has 0 spiro atoms. The summed E-state index contributed by atoms with van der Waals surface area (Å²) in [6.07, 6.45) is 1.17. The Morgan fingerprint density at radius 2 is 1.78 bits per heavy atom. The van der Waals surface area contributed by atoms with Crippen LogP contribution in [-0.2, 0) is 16.0 Å². The Balaban J connectivity index is 2.63. The molecule has 4 nitrogen and oxygen atoms in total. The Kier molecular flexibility index (Phi) is 4.48. The van der Waals surface area contributed by atoms with Crippen LogP contribution in [0.15, 0.2) is 24.3 Å². The second-order valence-electron chi connectivity index (χ2n) is 4.87. The van der Waals surface area contributed by atoms with E-state index in [-0.39, 0.29) is 0 Å². The average Bonchev–Trinajstić information content (AvgIpc) is 2.36. The summed E-state index contributed by atoms with van der Waals surface area (Å²) in [4.78, 5) is 22.1. The van der Waals surface area contributed by atoms with Crippen LogP contribution in [0.2, 0.25) is 0 Å². The molecule has 0 saturated heterocycles. The molecule has 0 bridgehead atoms. The Morgan fingerprint density at radius 1 is 1.22 bits per heavy atom. The number of ketones is 1. The third-order valence-electron chi connectivity index (χ3n) is 3.01. The number of rotatable bonds is 6. The van der Waals surface area contributed by atoms with Crippen LogP contribution in [0.25, 0.3) is 0 Å². The predicted octanol–water partition coefficient (Wildman–Crippen LogP) is 2.31. The van der Waals surface area contributed by atoms with Crippen molar-refractivity contribution in [3.05, 3.63) is 29.8 Å². The van der Waals surface area contributed by atoms with Crippen LogP contribution in [0, 0.1) is 5.41 Å². The SMILES string of the molecule is COc1ccc(CCC(C)(C)C(=O)C(=O)O)cc1. The van der Waals surface area contributed by atoms with Gasteiger partial charge < -0.3 is 9.84 Å². The fourth-order valence-corrected chi connectivity index (χ4v) is 1.65. The lowest BCUT2D eigenvalue weighted by Crippen LogP contribution is -2.31.